The first-order chi connectivity index (χ1) is 8.08. The van der Waals surface area contributed by atoms with Crippen molar-refractivity contribution in [3.05, 3.63) is 45.6 Å². The molecule has 4 nitrogen and oxygen atoms in total. The fraction of sp³-hybridized carbons (Fsp3) is 0.167. The van der Waals surface area contributed by atoms with Gasteiger partial charge < -0.3 is 5.32 Å². The highest BCUT2D eigenvalue weighted by atomic mass is 79.9. The van der Waals surface area contributed by atoms with E-state index < -0.39 is 0 Å². The number of nitrogens with one attached hydrogen (secondary N) is 2. The average molecular weight is 294 g/mol. The van der Waals surface area contributed by atoms with Crippen LogP contribution in [0.2, 0.25) is 0 Å². The average Bonchev–Trinajstić information content (AvgIpc) is 2.61. The Bertz CT molecular complexity index is 563. The van der Waals surface area contributed by atoms with Crippen LogP contribution in [0.5, 0.6) is 0 Å². The number of carbonyl (C=O) groups excluding carboxylic acids is 1. The summed E-state index contributed by atoms with van der Waals surface area (Å²) >= 11 is 3.33. The topological polar surface area (TPSA) is 57.8 Å². The summed E-state index contributed by atoms with van der Waals surface area (Å²) in [5, 5.41) is 9.64. The van der Waals surface area contributed by atoms with E-state index in [9.17, 15) is 4.79 Å². The van der Waals surface area contributed by atoms with Gasteiger partial charge in [-0.15, -0.1) is 0 Å². The number of carbonyl (C=O) groups is 1. The highest BCUT2D eigenvalue weighted by molar-refractivity contribution is 9.10. The third kappa shape index (κ3) is 2.55. The van der Waals surface area contributed by atoms with Crippen molar-refractivity contribution in [2.45, 2.75) is 13.8 Å². The second-order valence-electron chi connectivity index (χ2n) is 3.79. The van der Waals surface area contributed by atoms with E-state index >= 15 is 0 Å². The van der Waals surface area contributed by atoms with Gasteiger partial charge in [-0.1, -0.05) is 22.0 Å². The number of amides is 1. The molecule has 88 valence electrons. The lowest BCUT2D eigenvalue weighted by Crippen LogP contribution is -2.12. The fourth-order valence-corrected chi connectivity index (χ4v) is 1.82. The number of nitrogens with zero attached hydrogens (tertiary/aromatic N) is 1. The zero-order valence-corrected chi connectivity index (χ0v) is 11.1. The van der Waals surface area contributed by atoms with Gasteiger partial charge in [0.15, 0.2) is 5.82 Å². The van der Waals surface area contributed by atoms with Gasteiger partial charge in [-0.2, -0.15) is 5.10 Å². The van der Waals surface area contributed by atoms with E-state index in [1.54, 1.807) is 12.1 Å². The lowest BCUT2D eigenvalue weighted by Gasteiger charge is -2.03. The van der Waals surface area contributed by atoms with E-state index in [0.29, 0.717) is 11.4 Å². The molecule has 5 heteroatoms. The van der Waals surface area contributed by atoms with Crippen LogP contribution in [0.15, 0.2) is 28.7 Å². The van der Waals surface area contributed by atoms with Crippen molar-refractivity contribution >= 4 is 27.7 Å². The Morgan fingerprint density at radius 2 is 2.18 bits per heavy atom. The lowest BCUT2D eigenvalue weighted by atomic mass is 10.2. The van der Waals surface area contributed by atoms with Crippen LogP contribution in [-0.2, 0) is 0 Å². The van der Waals surface area contributed by atoms with Crippen LogP contribution in [0.3, 0.4) is 0 Å². The van der Waals surface area contributed by atoms with Gasteiger partial charge in [0.1, 0.15) is 0 Å². The van der Waals surface area contributed by atoms with Gasteiger partial charge in [0.05, 0.1) is 0 Å². The maximum atomic E-state index is 11.9. The molecule has 0 fully saturated rings. The van der Waals surface area contributed by atoms with Crippen LogP contribution in [0.4, 0.5) is 5.82 Å². The van der Waals surface area contributed by atoms with E-state index in [0.717, 1.165) is 15.7 Å². The molecule has 2 aromatic rings. The van der Waals surface area contributed by atoms with E-state index in [-0.39, 0.29) is 5.91 Å². The second kappa shape index (κ2) is 4.71. The number of anilines is 1. The molecular weight excluding hydrogens is 282 g/mol. The maximum absolute atomic E-state index is 11.9. The summed E-state index contributed by atoms with van der Waals surface area (Å²) in [6, 6.07) is 7.22. The largest absolute Gasteiger partial charge is 0.305 e. The van der Waals surface area contributed by atoms with Gasteiger partial charge in [-0.25, -0.2) is 0 Å². The van der Waals surface area contributed by atoms with Crippen molar-refractivity contribution in [2.24, 2.45) is 0 Å². The Labute approximate surface area is 108 Å². The molecule has 0 aliphatic rings. The predicted octanol–water partition coefficient (Wildman–Crippen LogP) is 3.04. The van der Waals surface area contributed by atoms with Gasteiger partial charge in [0, 0.05) is 21.3 Å². The molecule has 1 aromatic carbocycles. The monoisotopic (exact) mass is 293 g/mol. The van der Waals surface area contributed by atoms with Crippen molar-refractivity contribution in [3.8, 4) is 0 Å². The zero-order valence-electron chi connectivity index (χ0n) is 9.54. The fourth-order valence-electron chi connectivity index (χ4n) is 1.42. The SMILES string of the molecule is Cc1[nH]nc(NC(=O)c2cccc(Br)c2)c1C. The van der Waals surface area contributed by atoms with Crippen molar-refractivity contribution in [2.75, 3.05) is 5.32 Å². The number of hydrogen-bond donors (Lipinski definition) is 2. The van der Waals surface area contributed by atoms with E-state index in [1.165, 1.54) is 0 Å². The Hall–Kier alpha value is -1.62. The van der Waals surface area contributed by atoms with Gasteiger partial charge in [0.2, 0.25) is 0 Å². The number of halogens is 1. The van der Waals surface area contributed by atoms with Crippen molar-refractivity contribution in [1.29, 1.82) is 0 Å². The molecule has 0 atom stereocenters. The third-order valence-electron chi connectivity index (χ3n) is 2.57. The number of hydrogen-bond acceptors (Lipinski definition) is 2. The second-order valence-corrected chi connectivity index (χ2v) is 4.70. The molecule has 1 heterocycles. The molecule has 17 heavy (non-hydrogen) atoms. The highest BCUT2D eigenvalue weighted by Crippen LogP contribution is 2.16. The number of aryl methyl sites for hydroxylation is 1. The van der Waals surface area contributed by atoms with E-state index in [4.69, 9.17) is 0 Å². The van der Waals surface area contributed by atoms with Crippen LogP contribution in [0.25, 0.3) is 0 Å². The molecule has 0 saturated carbocycles. The summed E-state index contributed by atoms with van der Waals surface area (Å²) in [6.07, 6.45) is 0. The Morgan fingerprint density at radius 3 is 2.76 bits per heavy atom. The standard InChI is InChI=1S/C12H12BrN3O/c1-7-8(2)15-16-11(7)14-12(17)9-4-3-5-10(13)6-9/h3-6H,1-2H3,(H2,14,15,16,17). The minimum atomic E-state index is -0.166. The maximum Gasteiger partial charge on any atom is 0.256 e. The first-order valence-electron chi connectivity index (χ1n) is 5.16. The summed E-state index contributed by atoms with van der Waals surface area (Å²) in [5.74, 6) is 0.411. The van der Waals surface area contributed by atoms with Crippen LogP contribution >= 0.6 is 15.9 Å². The quantitative estimate of drug-likeness (QED) is 0.894. The smallest absolute Gasteiger partial charge is 0.256 e. The molecule has 0 radical (unpaired) electrons. The highest BCUT2D eigenvalue weighted by Gasteiger charge is 2.11. The van der Waals surface area contributed by atoms with Crippen LogP contribution in [0, 0.1) is 13.8 Å². The number of aromatic nitrogens is 2. The molecule has 0 spiro atoms. The summed E-state index contributed by atoms with van der Waals surface area (Å²) < 4.78 is 0.875. The summed E-state index contributed by atoms with van der Waals surface area (Å²) in [5.41, 5.74) is 2.50. The van der Waals surface area contributed by atoms with Crippen LogP contribution in [-0.4, -0.2) is 16.1 Å². The van der Waals surface area contributed by atoms with Gasteiger partial charge in [-0.05, 0) is 32.0 Å². The van der Waals surface area contributed by atoms with Crippen LogP contribution in [0.1, 0.15) is 21.6 Å². The first kappa shape index (κ1) is 11.9. The molecule has 0 saturated heterocycles. The number of aromatic amines is 1. The molecule has 0 bridgehead atoms. The van der Waals surface area contributed by atoms with E-state index in [1.807, 2.05) is 26.0 Å². The van der Waals surface area contributed by atoms with Gasteiger partial charge >= 0.3 is 0 Å². The van der Waals surface area contributed by atoms with Gasteiger partial charge in [0.25, 0.3) is 5.91 Å². The lowest BCUT2D eigenvalue weighted by molar-refractivity contribution is 0.102. The zero-order chi connectivity index (χ0) is 12.4. The number of H-pyrrole nitrogens is 1. The van der Waals surface area contributed by atoms with Crippen LogP contribution < -0.4 is 5.32 Å². The Kier molecular flexibility index (Phi) is 3.28. The summed E-state index contributed by atoms with van der Waals surface area (Å²) in [4.78, 5) is 11.9. The normalized spacial score (nSPS) is 10.3. The molecule has 0 aliphatic carbocycles. The van der Waals surface area contributed by atoms with Crippen molar-refractivity contribution in [1.82, 2.24) is 10.2 Å². The van der Waals surface area contributed by atoms with E-state index in [2.05, 4.69) is 31.4 Å². The summed E-state index contributed by atoms with van der Waals surface area (Å²) in [7, 11) is 0. The van der Waals surface area contributed by atoms with Crippen molar-refractivity contribution < 1.29 is 4.79 Å². The molecule has 0 aliphatic heterocycles. The predicted molar refractivity (Wildman–Crippen MR) is 70.2 cm³/mol. The Balaban J connectivity index is 2.20. The Morgan fingerprint density at radius 1 is 1.41 bits per heavy atom. The molecule has 1 amide bonds. The summed E-state index contributed by atoms with van der Waals surface area (Å²) in [6.45, 7) is 3.83. The number of rotatable bonds is 2. The minimum Gasteiger partial charge on any atom is -0.305 e. The first-order valence-corrected chi connectivity index (χ1v) is 5.95. The van der Waals surface area contributed by atoms with Crippen molar-refractivity contribution in [3.63, 3.8) is 0 Å². The minimum absolute atomic E-state index is 0.166. The molecule has 2 N–H and O–H groups in total. The molecule has 0 unspecified atom stereocenters. The molecular formula is C12H12BrN3O. The molecule has 1 aromatic heterocycles. The third-order valence-corrected chi connectivity index (χ3v) is 3.07. The van der Waals surface area contributed by atoms with Gasteiger partial charge in [-0.3, -0.25) is 9.89 Å². The molecule has 2 rings (SSSR count). The number of benzene rings is 1.